The van der Waals surface area contributed by atoms with Gasteiger partial charge in [-0.2, -0.15) is 5.26 Å². The standard InChI is InChI=1S/C20H23N7O/c1-26-8-6-23-20(26)17-10-24-19-16(4-5-22-19)18(17)25-15-3-2-7-27(12-15)11-14(9-21)13-28/h4-6,8,10,13-15H,2-3,7,11-12H2,1H3,(H2,22,24,25)/t14?,15-/m1/s1. The Kier molecular flexibility index (Phi) is 5.08. The third kappa shape index (κ3) is 3.49. The quantitative estimate of drug-likeness (QED) is 0.638. The molecule has 0 amide bonds. The summed E-state index contributed by atoms with van der Waals surface area (Å²) in [6.45, 7) is 2.19. The predicted octanol–water partition coefficient (Wildman–Crippen LogP) is 2.18. The molecule has 1 fully saturated rings. The second-order valence-electron chi connectivity index (χ2n) is 7.26. The van der Waals surface area contributed by atoms with Crippen LogP contribution in [-0.2, 0) is 11.8 Å². The van der Waals surface area contributed by atoms with Crippen LogP contribution in [0.25, 0.3) is 22.4 Å². The van der Waals surface area contributed by atoms with Crippen LogP contribution in [0.15, 0.2) is 30.9 Å². The Balaban J connectivity index is 1.62. The fourth-order valence-corrected chi connectivity index (χ4v) is 3.89. The van der Waals surface area contributed by atoms with Crippen molar-refractivity contribution in [3.05, 3.63) is 30.9 Å². The topological polar surface area (TPSA) is 103 Å². The van der Waals surface area contributed by atoms with Crippen molar-refractivity contribution in [2.24, 2.45) is 13.0 Å². The number of piperidine rings is 1. The summed E-state index contributed by atoms with van der Waals surface area (Å²) in [6, 6.07) is 4.31. The summed E-state index contributed by atoms with van der Waals surface area (Å²) in [5.74, 6) is 0.287. The molecular formula is C20H23N7O. The zero-order valence-electron chi connectivity index (χ0n) is 15.8. The molecule has 144 valence electrons. The molecule has 4 rings (SSSR count). The van der Waals surface area contributed by atoms with Crippen LogP contribution in [0.2, 0.25) is 0 Å². The van der Waals surface area contributed by atoms with Gasteiger partial charge in [0.2, 0.25) is 0 Å². The first-order chi connectivity index (χ1) is 13.7. The van der Waals surface area contributed by atoms with Crippen LogP contribution in [0.3, 0.4) is 0 Å². The van der Waals surface area contributed by atoms with Gasteiger partial charge in [0, 0.05) is 56.4 Å². The Morgan fingerprint density at radius 1 is 1.50 bits per heavy atom. The molecule has 0 spiro atoms. The lowest BCUT2D eigenvalue weighted by atomic mass is 10.0. The molecule has 0 saturated carbocycles. The third-order valence-electron chi connectivity index (χ3n) is 5.29. The lowest BCUT2D eigenvalue weighted by molar-refractivity contribution is -0.110. The van der Waals surface area contributed by atoms with Crippen molar-refractivity contribution in [2.45, 2.75) is 18.9 Å². The van der Waals surface area contributed by atoms with Gasteiger partial charge in [-0.3, -0.25) is 4.90 Å². The molecule has 1 aliphatic rings. The van der Waals surface area contributed by atoms with Gasteiger partial charge in [0.05, 0.1) is 17.3 Å². The van der Waals surface area contributed by atoms with E-state index in [4.69, 9.17) is 5.26 Å². The average molecular weight is 377 g/mol. The summed E-state index contributed by atoms with van der Waals surface area (Å²) in [7, 11) is 1.97. The highest BCUT2D eigenvalue weighted by molar-refractivity contribution is 5.97. The molecule has 1 aliphatic heterocycles. The Morgan fingerprint density at radius 2 is 2.39 bits per heavy atom. The van der Waals surface area contributed by atoms with E-state index in [2.05, 4.69) is 31.2 Å². The van der Waals surface area contributed by atoms with Crippen LogP contribution in [-0.4, -0.2) is 56.4 Å². The fraction of sp³-hybridized carbons (Fsp3) is 0.400. The minimum atomic E-state index is -0.570. The molecule has 0 bridgehead atoms. The van der Waals surface area contributed by atoms with E-state index in [1.54, 1.807) is 6.20 Å². The van der Waals surface area contributed by atoms with Crippen LogP contribution in [0.4, 0.5) is 5.69 Å². The van der Waals surface area contributed by atoms with Crippen LogP contribution < -0.4 is 5.32 Å². The van der Waals surface area contributed by atoms with E-state index in [1.807, 2.05) is 36.3 Å². The normalized spacial score (nSPS) is 18.6. The number of likely N-dealkylation sites (tertiary alicyclic amines) is 1. The number of H-pyrrole nitrogens is 1. The number of aromatic amines is 1. The number of imidazole rings is 1. The lowest BCUT2D eigenvalue weighted by Crippen LogP contribution is -2.44. The molecule has 8 nitrogen and oxygen atoms in total. The number of anilines is 1. The number of fused-ring (bicyclic) bond motifs is 1. The van der Waals surface area contributed by atoms with Crippen LogP contribution in [0.1, 0.15) is 12.8 Å². The molecule has 4 heterocycles. The highest BCUT2D eigenvalue weighted by Crippen LogP contribution is 2.33. The molecule has 0 radical (unpaired) electrons. The van der Waals surface area contributed by atoms with E-state index in [0.717, 1.165) is 60.3 Å². The van der Waals surface area contributed by atoms with E-state index in [-0.39, 0.29) is 6.04 Å². The fourth-order valence-electron chi connectivity index (χ4n) is 3.89. The van der Waals surface area contributed by atoms with Crippen LogP contribution in [0, 0.1) is 17.2 Å². The third-order valence-corrected chi connectivity index (χ3v) is 5.29. The smallest absolute Gasteiger partial charge is 0.143 e. The number of nitrogens with zero attached hydrogens (tertiary/aromatic N) is 5. The number of aromatic nitrogens is 4. The lowest BCUT2D eigenvalue weighted by Gasteiger charge is -2.34. The van der Waals surface area contributed by atoms with Crippen molar-refractivity contribution in [1.29, 1.82) is 5.26 Å². The van der Waals surface area contributed by atoms with Gasteiger partial charge in [0.1, 0.15) is 23.7 Å². The van der Waals surface area contributed by atoms with Gasteiger partial charge in [-0.25, -0.2) is 9.97 Å². The number of aldehydes is 1. The molecule has 3 aromatic heterocycles. The van der Waals surface area contributed by atoms with Gasteiger partial charge < -0.3 is 19.7 Å². The number of pyridine rings is 1. The molecule has 2 N–H and O–H groups in total. The maximum absolute atomic E-state index is 11.0. The number of aryl methyl sites for hydroxylation is 1. The van der Waals surface area contributed by atoms with Crippen molar-refractivity contribution in [2.75, 3.05) is 25.0 Å². The highest BCUT2D eigenvalue weighted by Gasteiger charge is 2.24. The zero-order valence-corrected chi connectivity index (χ0v) is 15.8. The molecule has 3 aromatic rings. The van der Waals surface area contributed by atoms with Crippen LogP contribution in [0.5, 0.6) is 0 Å². The highest BCUT2D eigenvalue weighted by atomic mass is 16.1. The second-order valence-corrected chi connectivity index (χ2v) is 7.26. The maximum Gasteiger partial charge on any atom is 0.143 e. The molecule has 1 saturated heterocycles. The monoisotopic (exact) mass is 377 g/mol. The summed E-state index contributed by atoms with van der Waals surface area (Å²) < 4.78 is 1.98. The van der Waals surface area contributed by atoms with Crippen molar-refractivity contribution in [3.8, 4) is 17.5 Å². The molecule has 8 heteroatoms. The number of carbonyl (C=O) groups excluding carboxylic acids is 1. The number of carbonyl (C=O) groups is 1. The summed E-state index contributed by atoms with van der Waals surface area (Å²) in [4.78, 5) is 25.4. The molecule has 0 aromatic carbocycles. The molecular weight excluding hydrogens is 354 g/mol. The number of nitriles is 1. The first kappa shape index (κ1) is 18.2. The summed E-state index contributed by atoms with van der Waals surface area (Å²) in [5, 5.41) is 13.8. The Hall–Kier alpha value is -3.18. The van der Waals surface area contributed by atoms with Gasteiger partial charge in [-0.15, -0.1) is 0 Å². The van der Waals surface area contributed by atoms with Crippen molar-refractivity contribution in [1.82, 2.24) is 24.4 Å². The number of nitrogens with one attached hydrogen (secondary N) is 2. The number of hydrogen-bond acceptors (Lipinski definition) is 6. The summed E-state index contributed by atoms with van der Waals surface area (Å²) in [6.07, 6.45) is 10.2. The van der Waals surface area contributed by atoms with Gasteiger partial charge in [0.15, 0.2) is 0 Å². The average Bonchev–Trinajstić information content (AvgIpc) is 3.36. The number of hydrogen-bond donors (Lipinski definition) is 2. The first-order valence-corrected chi connectivity index (χ1v) is 9.47. The summed E-state index contributed by atoms with van der Waals surface area (Å²) >= 11 is 0. The second kappa shape index (κ2) is 7.82. The predicted molar refractivity (Wildman–Crippen MR) is 107 cm³/mol. The molecule has 2 atom stereocenters. The SMILES string of the molecule is Cn1ccnc1-c1cnc2[nH]ccc2c1N[C@@H]1CCCN(CC(C#N)C=O)C1. The minimum Gasteiger partial charge on any atom is -0.380 e. The van der Waals surface area contributed by atoms with E-state index in [0.29, 0.717) is 6.54 Å². The molecule has 0 aliphatic carbocycles. The Labute approximate surface area is 163 Å². The Bertz CT molecular complexity index is 1020. The van der Waals surface area contributed by atoms with E-state index in [9.17, 15) is 4.79 Å². The minimum absolute atomic E-state index is 0.222. The zero-order chi connectivity index (χ0) is 19.5. The Morgan fingerprint density at radius 3 is 3.14 bits per heavy atom. The van der Waals surface area contributed by atoms with E-state index in [1.165, 1.54) is 0 Å². The van der Waals surface area contributed by atoms with Gasteiger partial charge in [0.25, 0.3) is 0 Å². The molecule has 1 unspecified atom stereocenters. The molecule has 28 heavy (non-hydrogen) atoms. The first-order valence-electron chi connectivity index (χ1n) is 9.47. The van der Waals surface area contributed by atoms with Crippen LogP contribution >= 0.6 is 0 Å². The van der Waals surface area contributed by atoms with Gasteiger partial charge in [-0.05, 0) is 25.5 Å². The van der Waals surface area contributed by atoms with E-state index >= 15 is 0 Å². The largest absolute Gasteiger partial charge is 0.380 e. The summed E-state index contributed by atoms with van der Waals surface area (Å²) in [5.41, 5.74) is 2.80. The maximum atomic E-state index is 11.0. The van der Waals surface area contributed by atoms with Crippen molar-refractivity contribution >= 4 is 23.0 Å². The van der Waals surface area contributed by atoms with Crippen molar-refractivity contribution in [3.63, 3.8) is 0 Å². The van der Waals surface area contributed by atoms with Gasteiger partial charge in [-0.1, -0.05) is 0 Å². The van der Waals surface area contributed by atoms with Gasteiger partial charge >= 0.3 is 0 Å². The van der Waals surface area contributed by atoms with Crippen molar-refractivity contribution < 1.29 is 4.79 Å². The van der Waals surface area contributed by atoms with E-state index < -0.39 is 5.92 Å². The number of rotatable bonds is 6.